The molecule has 0 radical (unpaired) electrons. The molecule has 2 heterocycles. The highest BCUT2D eigenvalue weighted by Gasteiger charge is 2.17. The van der Waals surface area contributed by atoms with Crippen molar-refractivity contribution in [3.05, 3.63) is 56.9 Å². The van der Waals surface area contributed by atoms with Crippen LogP contribution in [-0.2, 0) is 0 Å². The second-order valence-electron chi connectivity index (χ2n) is 6.12. The van der Waals surface area contributed by atoms with Crippen LogP contribution in [0.2, 0.25) is 0 Å². The first-order chi connectivity index (χ1) is 10.5. The van der Waals surface area contributed by atoms with Gasteiger partial charge in [-0.15, -0.1) is 0 Å². The predicted molar refractivity (Wildman–Crippen MR) is 92.9 cm³/mol. The summed E-state index contributed by atoms with van der Waals surface area (Å²) in [6, 6.07) is 8.29. The van der Waals surface area contributed by atoms with Gasteiger partial charge in [-0.1, -0.05) is 18.2 Å². The van der Waals surface area contributed by atoms with E-state index in [-0.39, 0.29) is 5.43 Å². The molecule has 3 heteroatoms. The van der Waals surface area contributed by atoms with Crippen molar-refractivity contribution in [2.24, 2.45) is 0 Å². The first-order valence-electron chi connectivity index (χ1n) is 7.53. The van der Waals surface area contributed by atoms with E-state index in [1.165, 1.54) is 10.8 Å². The molecule has 2 N–H and O–H groups in total. The summed E-state index contributed by atoms with van der Waals surface area (Å²) in [4.78, 5) is 19.7. The van der Waals surface area contributed by atoms with Gasteiger partial charge in [0.15, 0.2) is 5.43 Å². The lowest BCUT2D eigenvalue weighted by molar-refractivity contribution is 1.17. The molecule has 3 nitrogen and oxygen atoms in total. The van der Waals surface area contributed by atoms with Crippen molar-refractivity contribution in [1.29, 1.82) is 0 Å². The molecule has 2 aromatic heterocycles. The van der Waals surface area contributed by atoms with E-state index in [1.807, 2.05) is 26.8 Å². The largest absolute Gasteiger partial charge is 0.358 e. The minimum absolute atomic E-state index is 0.132. The highest BCUT2D eigenvalue weighted by Crippen LogP contribution is 2.34. The van der Waals surface area contributed by atoms with Gasteiger partial charge in [0.25, 0.3) is 0 Å². The second-order valence-corrected chi connectivity index (χ2v) is 6.12. The van der Waals surface area contributed by atoms with E-state index in [2.05, 4.69) is 35.1 Å². The van der Waals surface area contributed by atoms with Crippen molar-refractivity contribution in [2.45, 2.75) is 27.7 Å². The zero-order valence-electron chi connectivity index (χ0n) is 13.2. The number of aromatic nitrogens is 2. The molecule has 0 fully saturated rings. The SMILES string of the molecule is Cc1[nH]c2c(C)c3c([nH]c4ccccc43)c(C)c2c(=O)c1C. The molecule has 0 amide bonds. The van der Waals surface area contributed by atoms with Crippen LogP contribution >= 0.6 is 0 Å². The molecular weight excluding hydrogens is 272 g/mol. The Balaban J connectivity index is 2.41. The van der Waals surface area contributed by atoms with E-state index in [1.54, 1.807) is 0 Å². The van der Waals surface area contributed by atoms with Gasteiger partial charge < -0.3 is 9.97 Å². The third kappa shape index (κ3) is 1.48. The molecule has 0 aliphatic heterocycles. The number of pyridine rings is 1. The molecule has 4 rings (SSSR count). The Morgan fingerprint density at radius 1 is 0.773 bits per heavy atom. The molecule has 0 saturated carbocycles. The lowest BCUT2D eigenvalue weighted by Crippen LogP contribution is -2.12. The van der Waals surface area contributed by atoms with Crippen molar-refractivity contribution in [2.75, 3.05) is 0 Å². The normalized spacial score (nSPS) is 11.8. The average molecular weight is 290 g/mol. The van der Waals surface area contributed by atoms with E-state index in [0.29, 0.717) is 0 Å². The Labute approximate surface area is 128 Å². The van der Waals surface area contributed by atoms with Gasteiger partial charge in [0.2, 0.25) is 0 Å². The van der Waals surface area contributed by atoms with Crippen LogP contribution in [0.1, 0.15) is 22.4 Å². The van der Waals surface area contributed by atoms with E-state index in [4.69, 9.17) is 0 Å². The van der Waals surface area contributed by atoms with Gasteiger partial charge in [-0.05, 0) is 44.9 Å². The fourth-order valence-electron chi connectivity index (χ4n) is 3.52. The van der Waals surface area contributed by atoms with E-state index in [9.17, 15) is 4.79 Å². The fourth-order valence-corrected chi connectivity index (χ4v) is 3.52. The number of fused-ring (bicyclic) bond motifs is 4. The highest BCUT2D eigenvalue weighted by molar-refractivity contribution is 6.15. The Bertz CT molecular complexity index is 1130. The van der Waals surface area contributed by atoms with Gasteiger partial charge >= 0.3 is 0 Å². The minimum atomic E-state index is 0.132. The van der Waals surface area contributed by atoms with Crippen molar-refractivity contribution >= 4 is 32.7 Å². The maximum absolute atomic E-state index is 12.7. The van der Waals surface area contributed by atoms with Gasteiger partial charge in [0.1, 0.15) is 0 Å². The van der Waals surface area contributed by atoms with Crippen LogP contribution in [0, 0.1) is 27.7 Å². The summed E-state index contributed by atoms with van der Waals surface area (Å²) in [5.74, 6) is 0. The summed E-state index contributed by atoms with van der Waals surface area (Å²) in [7, 11) is 0. The maximum atomic E-state index is 12.7. The number of hydrogen-bond donors (Lipinski definition) is 2. The van der Waals surface area contributed by atoms with Gasteiger partial charge in [-0.3, -0.25) is 4.79 Å². The average Bonchev–Trinajstić information content (AvgIpc) is 2.90. The van der Waals surface area contributed by atoms with Crippen molar-refractivity contribution in [3.63, 3.8) is 0 Å². The van der Waals surface area contributed by atoms with E-state index in [0.717, 1.165) is 44.3 Å². The number of para-hydroxylation sites is 1. The standard InChI is InChI=1S/C19H18N2O/c1-9-12(4)20-18-10(2)15-13-7-5-6-8-14(13)21-17(15)11(3)16(18)19(9)22/h5-8,21H,1-4H3,(H,20,22). The molecular formula is C19H18N2O. The fraction of sp³-hybridized carbons (Fsp3) is 0.211. The minimum Gasteiger partial charge on any atom is -0.358 e. The summed E-state index contributed by atoms with van der Waals surface area (Å²) in [5.41, 5.74) is 7.17. The van der Waals surface area contributed by atoms with Gasteiger partial charge in [0.05, 0.1) is 16.4 Å². The van der Waals surface area contributed by atoms with Gasteiger partial charge in [-0.2, -0.15) is 0 Å². The Hall–Kier alpha value is -2.55. The molecule has 0 bridgehead atoms. The number of benzene rings is 2. The molecule has 4 aromatic rings. The molecule has 0 aliphatic carbocycles. The molecule has 110 valence electrons. The van der Waals surface area contributed by atoms with Gasteiger partial charge in [-0.25, -0.2) is 0 Å². The zero-order chi connectivity index (χ0) is 15.6. The smallest absolute Gasteiger partial charge is 0.192 e. The molecule has 22 heavy (non-hydrogen) atoms. The first-order valence-corrected chi connectivity index (χ1v) is 7.53. The van der Waals surface area contributed by atoms with Crippen LogP contribution in [0.4, 0.5) is 0 Å². The Kier molecular flexibility index (Phi) is 2.52. The van der Waals surface area contributed by atoms with E-state index >= 15 is 0 Å². The topological polar surface area (TPSA) is 48.6 Å². The number of aryl methyl sites for hydroxylation is 3. The lowest BCUT2D eigenvalue weighted by Gasteiger charge is -2.11. The first kappa shape index (κ1) is 13.1. The molecule has 0 unspecified atom stereocenters. The summed E-state index contributed by atoms with van der Waals surface area (Å²) in [5, 5.41) is 3.22. The zero-order valence-corrected chi connectivity index (χ0v) is 13.2. The summed E-state index contributed by atoms with van der Waals surface area (Å²) >= 11 is 0. The van der Waals surface area contributed by atoms with Crippen molar-refractivity contribution in [3.8, 4) is 0 Å². The highest BCUT2D eigenvalue weighted by atomic mass is 16.1. The summed E-state index contributed by atoms with van der Waals surface area (Å²) in [6.45, 7) is 7.97. The lowest BCUT2D eigenvalue weighted by atomic mass is 9.97. The molecule has 0 atom stereocenters. The number of aromatic amines is 2. The molecule has 0 aliphatic rings. The summed E-state index contributed by atoms with van der Waals surface area (Å²) in [6.07, 6.45) is 0. The second kappa shape index (κ2) is 4.23. The van der Waals surface area contributed by atoms with Crippen LogP contribution in [0.25, 0.3) is 32.7 Å². The number of nitrogens with one attached hydrogen (secondary N) is 2. The predicted octanol–water partition coefficient (Wildman–Crippen LogP) is 4.40. The van der Waals surface area contributed by atoms with Crippen LogP contribution in [0.3, 0.4) is 0 Å². The van der Waals surface area contributed by atoms with Crippen LogP contribution in [-0.4, -0.2) is 9.97 Å². The molecule has 0 spiro atoms. The third-order valence-corrected chi connectivity index (χ3v) is 4.90. The quantitative estimate of drug-likeness (QED) is 0.495. The van der Waals surface area contributed by atoms with E-state index < -0.39 is 0 Å². The molecule has 0 saturated heterocycles. The molecule has 2 aromatic carbocycles. The number of rotatable bonds is 0. The number of hydrogen-bond acceptors (Lipinski definition) is 1. The van der Waals surface area contributed by atoms with Crippen molar-refractivity contribution < 1.29 is 0 Å². The van der Waals surface area contributed by atoms with Crippen LogP contribution < -0.4 is 5.43 Å². The number of H-pyrrole nitrogens is 2. The van der Waals surface area contributed by atoms with Gasteiger partial charge in [0, 0.05) is 27.5 Å². The monoisotopic (exact) mass is 290 g/mol. The Morgan fingerprint density at radius 2 is 1.41 bits per heavy atom. The van der Waals surface area contributed by atoms with Crippen LogP contribution in [0.15, 0.2) is 29.1 Å². The Morgan fingerprint density at radius 3 is 2.18 bits per heavy atom. The summed E-state index contributed by atoms with van der Waals surface area (Å²) < 4.78 is 0. The van der Waals surface area contributed by atoms with Crippen LogP contribution in [0.5, 0.6) is 0 Å². The van der Waals surface area contributed by atoms with Crippen molar-refractivity contribution in [1.82, 2.24) is 9.97 Å². The third-order valence-electron chi connectivity index (χ3n) is 4.90. The maximum Gasteiger partial charge on any atom is 0.192 e.